The van der Waals surface area contributed by atoms with E-state index in [0.717, 1.165) is 29.7 Å². The average Bonchev–Trinajstić information content (AvgIpc) is 2.69. The number of rotatable bonds is 5. The standard InChI is InChI=1S/C16H26N2O2/c1-12-7-5-4-6-8-13(12)18-11-14-16(20-3)15(19-2)9-10-17-14/h9-10,12-13,18H,4-8,11H2,1-3H3. The van der Waals surface area contributed by atoms with Gasteiger partial charge in [0.15, 0.2) is 11.5 Å². The topological polar surface area (TPSA) is 43.4 Å². The van der Waals surface area contributed by atoms with Gasteiger partial charge in [0.1, 0.15) is 0 Å². The van der Waals surface area contributed by atoms with Gasteiger partial charge in [0.05, 0.1) is 19.9 Å². The molecule has 2 unspecified atom stereocenters. The Kier molecular flexibility index (Phi) is 5.65. The van der Waals surface area contributed by atoms with E-state index in [1.165, 1.54) is 32.1 Å². The number of ether oxygens (including phenoxy) is 2. The average molecular weight is 278 g/mol. The highest BCUT2D eigenvalue weighted by molar-refractivity contribution is 5.42. The molecule has 0 aromatic carbocycles. The molecule has 4 nitrogen and oxygen atoms in total. The van der Waals surface area contributed by atoms with Crippen LogP contribution >= 0.6 is 0 Å². The summed E-state index contributed by atoms with van der Waals surface area (Å²) in [5.74, 6) is 2.21. The number of hydrogen-bond donors (Lipinski definition) is 1. The molecule has 1 aromatic rings. The zero-order valence-corrected chi connectivity index (χ0v) is 12.8. The molecule has 0 radical (unpaired) electrons. The second-order valence-electron chi connectivity index (χ2n) is 5.60. The van der Waals surface area contributed by atoms with E-state index in [0.29, 0.717) is 6.04 Å². The SMILES string of the molecule is COc1ccnc(CNC2CCCCCC2C)c1OC. The maximum Gasteiger partial charge on any atom is 0.183 e. The molecule has 1 heterocycles. The largest absolute Gasteiger partial charge is 0.493 e. The van der Waals surface area contributed by atoms with E-state index in [9.17, 15) is 0 Å². The molecule has 1 saturated carbocycles. The third-order valence-electron chi connectivity index (χ3n) is 4.26. The molecule has 2 atom stereocenters. The molecule has 2 rings (SSSR count). The normalized spacial score (nSPS) is 23.1. The number of hydrogen-bond acceptors (Lipinski definition) is 4. The van der Waals surface area contributed by atoms with Gasteiger partial charge in [0, 0.05) is 24.8 Å². The molecule has 4 heteroatoms. The maximum atomic E-state index is 5.43. The summed E-state index contributed by atoms with van der Waals surface area (Å²) >= 11 is 0. The van der Waals surface area contributed by atoms with Crippen molar-refractivity contribution in [2.24, 2.45) is 5.92 Å². The molecule has 0 bridgehead atoms. The fraction of sp³-hybridized carbons (Fsp3) is 0.688. The van der Waals surface area contributed by atoms with Crippen LogP contribution in [-0.2, 0) is 6.54 Å². The summed E-state index contributed by atoms with van der Waals surface area (Å²) in [6, 6.07) is 2.41. The Bertz CT molecular complexity index is 423. The molecule has 0 spiro atoms. The predicted octanol–water partition coefficient (Wildman–Crippen LogP) is 3.16. The number of pyridine rings is 1. The third kappa shape index (κ3) is 3.63. The van der Waals surface area contributed by atoms with Gasteiger partial charge in [-0.1, -0.05) is 26.2 Å². The molecular formula is C16H26N2O2. The minimum atomic E-state index is 0.579. The Morgan fingerprint density at radius 2 is 2.00 bits per heavy atom. The zero-order chi connectivity index (χ0) is 14.4. The molecule has 20 heavy (non-hydrogen) atoms. The van der Waals surface area contributed by atoms with Crippen molar-refractivity contribution in [3.63, 3.8) is 0 Å². The lowest BCUT2D eigenvalue weighted by Crippen LogP contribution is -2.34. The van der Waals surface area contributed by atoms with Gasteiger partial charge in [-0.2, -0.15) is 0 Å². The molecule has 0 amide bonds. The number of nitrogens with one attached hydrogen (secondary N) is 1. The Balaban J connectivity index is 2.02. The first-order valence-electron chi connectivity index (χ1n) is 7.55. The second kappa shape index (κ2) is 7.48. The van der Waals surface area contributed by atoms with Crippen LogP contribution in [0.3, 0.4) is 0 Å². The highest BCUT2D eigenvalue weighted by Crippen LogP contribution is 2.29. The maximum absolute atomic E-state index is 5.43. The molecule has 1 fully saturated rings. The highest BCUT2D eigenvalue weighted by Gasteiger charge is 2.20. The summed E-state index contributed by atoms with van der Waals surface area (Å²) in [5.41, 5.74) is 0.920. The molecule has 1 aromatic heterocycles. The van der Waals surface area contributed by atoms with Crippen molar-refractivity contribution >= 4 is 0 Å². The Labute approximate surface area is 121 Å². The van der Waals surface area contributed by atoms with E-state index < -0.39 is 0 Å². The van der Waals surface area contributed by atoms with Crippen LogP contribution in [0.15, 0.2) is 12.3 Å². The van der Waals surface area contributed by atoms with Crippen molar-refractivity contribution in [3.05, 3.63) is 18.0 Å². The predicted molar refractivity (Wildman–Crippen MR) is 80.2 cm³/mol. The van der Waals surface area contributed by atoms with E-state index in [1.807, 2.05) is 6.07 Å². The monoisotopic (exact) mass is 278 g/mol. The summed E-state index contributed by atoms with van der Waals surface area (Å²) in [5, 5.41) is 3.66. The lowest BCUT2D eigenvalue weighted by Gasteiger charge is -2.23. The Morgan fingerprint density at radius 1 is 1.20 bits per heavy atom. The van der Waals surface area contributed by atoms with Gasteiger partial charge in [0.2, 0.25) is 0 Å². The Hall–Kier alpha value is -1.29. The van der Waals surface area contributed by atoms with Crippen LogP contribution in [0.5, 0.6) is 11.5 Å². The van der Waals surface area contributed by atoms with Gasteiger partial charge in [-0.25, -0.2) is 0 Å². The van der Waals surface area contributed by atoms with Crippen LogP contribution in [0.4, 0.5) is 0 Å². The molecule has 1 N–H and O–H groups in total. The molecule has 1 aliphatic rings. The molecule has 112 valence electrons. The van der Waals surface area contributed by atoms with Crippen LogP contribution in [0.25, 0.3) is 0 Å². The van der Waals surface area contributed by atoms with Crippen LogP contribution in [0.2, 0.25) is 0 Å². The molecule has 1 aliphatic carbocycles. The van der Waals surface area contributed by atoms with Crippen molar-refractivity contribution in [1.29, 1.82) is 0 Å². The number of aromatic nitrogens is 1. The second-order valence-corrected chi connectivity index (χ2v) is 5.60. The van der Waals surface area contributed by atoms with Crippen molar-refractivity contribution in [1.82, 2.24) is 10.3 Å². The van der Waals surface area contributed by atoms with Crippen LogP contribution in [0, 0.1) is 5.92 Å². The van der Waals surface area contributed by atoms with Gasteiger partial charge < -0.3 is 14.8 Å². The van der Waals surface area contributed by atoms with Crippen LogP contribution in [-0.4, -0.2) is 25.2 Å². The Morgan fingerprint density at radius 3 is 2.75 bits per heavy atom. The molecule has 0 aliphatic heterocycles. The molecular weight excluding hydrogens is 252 g/mol. The summed E-state index contributed by atoms with van der Waals surface area (Å²) in [4.78, 5) is 4.42. The summed E-state index contributed by atoms with van der Waals surface area (Å²) in [6.07, 6.45) is 8.40. The van der Waals surface area contributed by atoms with Gasteiger partial charge >= 0.3 is 0 Å². The first-order chi connectivity index (χ1) is 9.76. The summed E-state index contributed by atoms with van der Waals surface area (Å²) in [6.45, 7) is 3.08. The summed E-state index contributed by atoms with van der Waals surface area (Å²) in [7, 11) is 3.32. The minimum absolute atomic E-state index is 0.579. The van der Waals surface area contributed by atoms with E-state index in [4.69, 9.17) is 9.47 Å². The quantitative estimate of drug-likeness (QED) is 0.840. The lowest BCUT2D eigenvalue weighted by molar-refractivity contribution is 0.334. The van der Waals surface area contributed by atoms with Crippen molar-refractivity contribution in [2.75, 3.05) is 14.2 Å². The van der Waals surface area contributed by atoms with Crippen molar-refractivity contribution in [3.8, 4) is 11.5 Å². The lowest BCUT2D eigenvalue weighted by atomic mass is 9.97. The summed E-state index contributed by atoms with van der Waals surface area (Å²) < 4.78 is 10.7. The van der Waals surface area contributed by atoms with E-state index in [1.54, 1.807) is 20.4 Å². The third-order valence-corrected chi connectivity index (χ3v) is 4.26. The highest BCUT2D eigenvalue weighted by atomic mass is 16.5. The fourth-order valence-electron chi connectivity index (χ4n) is 3.00. The van der Waals surface area contributed by atoms with E-state index in [-0.39, 0.29) is 0 Å². The molecule has 0 saturated heterocycles. The first kappa shape index (κ1) is 15.1. The fourth-order valence-corrected chi connectivity index (χ4v) is 3.00. The zero-order valence-electron chi connectivity index (χ0n) is 12.8. The van der Waals surface area contributed by atoms with Gasteiger partial charge in [-0.05, 0) is 18.8 Å². The number of methoxy groups -OCH3 is 2. The smallest absolute Gasteiger partial charge is 0.183 e. The first-order valence-corrected chi connectivity index (χ1v) is 7.55. The minimum Gasteiger partial charge on any atom is -0.493 e. The van der Waals surface area contributed by atoms with Crippen molar-refractivity contribution in [2.45, 2.75) is 51.6 Å². The van der Waals surface area contributed by atoms with Gasteiger partial charge in [-0.3, -0.25) is 4.98 Å². The van der Waals surface area contributed by atoms with E-state index >= 15 is 0 Å². The van der Waals surface area contributed by atoms with Gasteiger partial charge in [-0.15, -0.1) is 0 Å². The van der Waals surface area contributed by atoms with E-state index in [2.05, 4.69) is 17.2 Å². The van der Waals surface area contributed by atoms with Gasteiger partial charge in [0.25, 0.3) is 0 Å². The van der Waals surface area contributed by atoms with Crippen LogP contribution < -0.4 is 14.8 Å². The van der Waals surface area contributed by atoms with Crippen molar-refractivity contribution < 1.29 is 9.47 Å². The van der Waals surface area contributed by atoms with Crippen LogP contribution in [0.1, 0.15) is 44.7 Å². The number of nitrogens with zero attached hydrogens (tertiary/aromatic N) is 1.